The Bertz CT molecular complexity index is 1420. The molecule has 0 saturated heterocycles. The molecule has 4 N–H and O–H groups in total. The van der Waals surface area contributed by atoms with E-state index in [1.54, 1.807) is 0 Å². The van der Waals surface area contributed by atoms with E-state index in [4.69, 9.17) is 0 Å². The van der Waals surface area contributed by atoms with E-state index in [9.17, 15) is 20.4 Å². The number of nitrogens with zero attached hydrogens (tertiary/aromatic N) is 2. The molecule has 0 bridgehead atoms. The molecule has 0 radical (unpaired) electrons. The van der Waals surface area contributed by atoms with E-state index >= 15 is 0 Å². The van der Waals surface area contributed by atoms with Gasteiger partial charge in [0.25, 0.3) is 0 Å². The molecule has 6 heteroatoms. The molecule has 0 spiro atoms. The van der Waals surface area contributed by atoms with Crippen LogP contribution >= 0.6 is 0 Å². The van der Waals surface area contributed by atoms with Gasteiger partial charge in [0.2, 0.25) is 0 Å². The van der Waals surface area contributed by atoms with Crippen molar-refractivity contribution in [3.63, 3.8) is 0 Å². The summed E-state index contributed by atoms with van der Waals surface area (Å²) in [5.74, 6) is 1.18. The van der Waals surface area contributed by atoms with Gasteiger partial charge in [0.15, 0.2) is 0 Å². The topological polar surface area (TPSA) is 87.4 Å². The van der Waals surface area contributed by atoms with Crippen LogP contribution in [0.5, 0.6) is 23.0 Å². The van der Waals surface area contributed by atoms with E-state index in [1.165, 1.54) is 0 Å². The second kappa shape index (κ2) is 13.7. The molecule has 4 rings (SSSR count). The Morgan fingerprint density at radius 2 is 0.568 bits per heavy atom. The molecule has 4 aromatic carbocycles. The Morgan fingerprint density at radius 3 is 0.773 bits per heavy atom. The first kappa shape index (κ1) is 32.9. The highest BCUT2D eigenvalue weighted by atomic mass is 16.3. The van der Waals surface area contributed by atoms with Crippen LogP contribution in [0, 0.1) is 55.4 Å². The second-order valence-corrected chi connectivity index (χ2v) is 12.8. The summed E-state index contributed by atoms with van der Waals surface area (Å²) >= 11 is 0. The Hall–Kier alpha value is -4.00. The number of phenols is 4. The predicted molar refractivity (Wildman–Crippen MR) is 179 cm³/mol. The van der Waals surface area contributed by atoms with Gasteiger partial charge in [-0.25, -0.2) is 0 Å². The molecule has 0 amide bonds. The van der Waals surface area contributed by atoms with Crippen molar-refractivity contribution in [2.45, 2.75) is 81.6 Å². The Balaban J connectivity index is 1.70. The maximum absolute atomic E-state index is 11.0. The van der Waals surface area contributed by atoms with Crippen LogP contribution < -0.4 is 0 Å². The summed E-state index contributed by atoms with van der Waals surface area (Å²) in [6.07, 6.45) is 0. The lowest BCUT2D eigenvalue weighted by Gasteiger charge is -2.30. The molecule has 0 atom stereocenters. The number of hydrogen-bond acceptors (Lipinski definition) is 6. The average Bonchev–Trinajstić information content (AvgIpc) is 2.93. The van der Waals surface area contributed by atoms with Gasteiger partial charge < -0.3 is 20.4 Å². The van der Waals surface area contributed by atoms with Crippen LogP contribution in [0.1, 0.15) is 66.8 Å². The van der Waals surface area contributed by atoms with Gasteiger partial charge in [0.1, 0.15) is 23.0 Å². The van der Waals surface area contributed by atoms with Crippen molar-refractivity contribution >= 4 is 0 Å². The van der Waals surface area contributed by atoms with Crippen molar-refractivity contribution in [2.24, 2.45) is 0 Å². The van der Waals surface area contributed by atoms with Gasteiger partial charge in [-0.15, -0.1) is 0 Å². The normalized spacial score (nSPS) is 11.6. The lowest BCUT2D eigenvalue weighted by Crippen LogP contribution is -2.34. The smallest absolute Gasteiger partial charge is 0.122 e. The minimum atomic E-state index is 0.294. The number of hydrogen-bond donors (Lipinski definition) is 4. The van der Waals surface area contributed by atoms with Crippen LogP contribution in [0.4, 0.5) is 0 Å². The van der Waals surface area contributed by atoms with Gasteiger partial charge in [-0.2, -0.15) is 0 Å². The summed E-state index contributed by atoms with van der Waals surface area (Å²) in [6, 6.07) is 16.0. The van der Waals surface area contributed by atoms with E-state index < -0.39 is 0 Å². The average molecular weight is 597 g/mol. The zero-order valence-corrected chi connectivity index (χ0v) is 27.5. The Labute approximate surface area is 262 Å². The van der Waals surface area contributed by atoms with E-state index in [1.807, 2.05) is 104 Å². The van der Waals surface area contributed by atoms with Crippen molar-refractivity contribution in [3.8, 4) is 23.0 Å². The molecule has 6 nitrogen and oxygen atoms in total. The summed E-state index contributed by atoms with van der Waals surface area (Å²) in [5, 5.41) is 43.9. The lowest BCUT2D eigenvalue weighted by atomic mass is 10.0. The van der Waals surface area contributed by atoms with E-state index in [0.29, 0.717) is 62.3 Å². The molecule has 4 aromatic rings. The first-order valence-corrected chi connectivity index (χ1v) is 15.3. The quantitative estimate of drug-likeness (QED) is 0.142. The van der Waals surface area contributed by atoms with Crippen LogP contribution in [-0.4, -0.2) is 43.3 Å². The van der Waals surface area contributed by atoms with Crippen LogP contribution in [0.2, 0.25) is 0 Å². The van der Waals surface area contributed by atoms with Crippen molar-refractivity contribution in [3.05, 3.63) is 115 Å². The maximum atomic E-state index is 11.0. The molecule has 0 aliphatic heterocycles. The third-order valence-corrected chi connectivity index (χ3v) is 8.40. The van der Waals surface area contributed by atoms with Gasteiger partial charge in [-0.3, -0.25) is 9.80 Å². The highest BCUT2D eigenvalue weighted by Gasteiger charge is 2.19. The largest absolute Gasteiger partial charge is 0.507 e. The molecule has 0 fully saturated rings. The second-order valence-electron chi connectivity index (χ2n) is 12.8. The molecule has 0 aromatic heterocycles. The molecule has 234 valence electrons. The number of benzene rings is 4. The maximum Gasteiger partial charge on any atom is 0.122 e. The molecule has 44 heavy (non-hydrogen) atoms. The monoisotopic (exact) mass is 596 g/mol. The minimum absolute atomic E-state index is 0.294. The summed E-state index contributed by atoms with van der Waals surface area (Å²) in [7, 11) is 0. The fourth-order valence-electron chi connectivity index (χ4n) is 6.35. The van der Waals surface area contributed by atoms with Crippen molar-refractivity contribution < 1.29 is 20.4 Å². The highest BCUT2D eigenvalue weighted by Crippen LogP contribution is 2.31. The zero-order valence-electron chi connectivity index (χ0n) is 27.5. The molecule has 0 unspecified atom stereocenters. The number of aryl methyl sites for hydroxylation is 8. The van der Waals surface area contributed by atoms with E-state index in [0.717, 1.165) is 66.8 Å². The third-order valence-electron chi connectivity index (χ3n) is 8.40. The summed E-state index contributed by atoms with van der Waals surface area (Å²) in [5.41, 5.74) is 11.1. The summed E-state index contributed by atoms with van der Waals surface area (Å²) in [6.45, 7) is 19.0. The van der Waals surface area contributed by atoms with Crippen molar-refractivity contribution in [1.29, 1.82) is 0 Å². The lowest BCUT2D eigenvalue weighted by molar-refractivity contribution is 0.178. The van der Waals surface area contributed by atoms with Gasteiger partial charge in [0.05, 0.1) is 0 Å². The molecule has 0 aliphatic carbocycles. The van der Waals surface area contributed by atoms with Crippen molar-refractivity contribution in [2.75, 3.05) is 13.1 Å². The van der Waals surface area contributed by atoms with Gasteiger partial charge in [0, 0.05) is 61.5 Å². The Morgan fingerprint density at radius 1 is 0.364 bits per heavy atom. The first-order chi connectivity index (χ1) is 20.7. The SMILES string of the molecule is Cc1cc(C)c(O)c(CN(CCN(Cc2cc(C)cc(C)c2O)Cc2cc(C)cc(C)c2O)Cc2cc(C)cc(C)c2O)c1. The number of phenolic OH excluding ortho intramolecular Hbond substituents is 4. The van der Waals surface area contributed by atoms with Gasteiger partial charge in [-0.1, -0.05) is 70.8 Å². The van der Waals surface area contributed by atoms with Crippen LogP contribution in [0.15, 0.2) is 48.5 Å². The fraction of sp³-hybridized carbons (Fsp3) is 0.368. The zero-order chi connectivity index (χ0) is 32.3. The minimum Gasteiger partial charge on any atom is -0.507 e. The summed E-state index contributed by atoms with van der Waals surface area (Å²) in [4.78, 5) is 4.50. The van der Waals surface area contributed by atoms with Crippen molar-refractivity contribution in [1.82, 2.24) is 9.80 Å². The van der Waals surface area contributed by atoms with Gasteiger partial charge >= 0.3 is 0 Å². The standard InChI is InChI=1S/C38H48N2O4/c1-23-11-27(5)35(41)31(15-23)19-39(20-32-16-24(2)12-28(6)36(32)42)9-10-40(21-33-17-25(3)13-29(7)37(33)43)22-34-18-26(4)14-30(8)38(34)44/h11-18,41-44H,9-10,19-22H2,1-8H3. The first-order valence-electron chi connectivity index (χ1n) is 15.3. The Kier molecular flexibility index (Phi) is 10.3. The molecule has 0 saturated carbocycles. The van der Waals surface area contributed by atoms with Gasteiger partial charge in [-0.05, 0) is 77.6 Å². The molecular weight excluding hydrogens is 548 g/mol. The molecular formula is C38H48N2O4. The van der Waals surface area contributed by atoms with Crippen LogP contribution in [-0.2, 0) is 26.2 Å². The number of aromatic hydroxyl groups is 4. The highest BCUT2D eigenvalue weighted by molar-refractivity contribution is 5.46. The molecule has 0 heterocycles. The number of rotatable bonds is 11. The van der Waals surface area contributed by atoms with Crippen LogP contribution in [0.25, 0.3) is 0 Å². The molecule has 0 aliphatic rings. The third kappa shape index (κ3) is 7.93. The van der Waals surface area contributed by atoms with Crippen LogP contribution in [0.3, 0.4) is 0 Å². The predicted octanol–water partition coefficient (Wildman–Crippen LogP) is 7.68. The summed E-state index contributed by atoms with van der Waals surface area (Å²) < 4.78 is 0. The van der Waals surface area contributed by atoms with E-state index in [2.05, 4.69) is 9.80 Å². The van der Waals surface area contributed by atoms with E-state index in [-0.39, 0.29) is 0 Å². The fourth-order valence-corrected chi connectivity index (χ4v) is 6.35.